The van der Waals surface area contributed by atoms with Crippen LogP contribution in [-0.4, -0.2) is 78.2 Å². The number of ether oxygens (including phenoxy) is 2. The number of aromatic nitrogens is 3. The van der Waals surface area contributed by atoms with Gasteiger partial charge < -0.3 is 34.9 Å². The summed E-state index contributed by atoms with van der Waals surface area (Å²) in [7, 11) is -2.18. The fourth-order valence-corrected chi connectivity index (χ4v) is 4.77. The SMILES string of the molecule is CN1CCOc2c1ccc(F)c2C#Cc1cn([C@@H]2OC(CNS(N)(=O)=O)C(O)[C@H]2O)c2ncnc(N)c12. The molecule has 0 amide bonds. The predicted octanol–water partition coefficient (Wildman–Crippen LogP) is -1.21. The van der Waals surface area contributed by atoms with E-state index >= 15 is 0 Å². The van der Waals surface area contributed by atoms with Gasteiger partial charge in [-0.1, -0.05) is 11.8 Å². The van der Waals surface area contributed by atoms with E-state index in [4.69, 9.17) is 20.3 Å². The lowest BCUT2D eigenvalue weighted by atomic mass is 10.1. The highest BCUT2D eigenvalue weighted by molar-refractivity contribution is 7.87. The molecule has 2 unspecified atom stereocenters. The molecule has 0 saturated carbocycles. The van der Waals surface area contributed by atoms with Gasteiger partial charge in [0, 0.05) is 19.8 Å². The molecule has 37 heavy (non-hydrogen) atoms. The van der Waals surface area contributed by atoms with Crippen LogP contribution in [0.4, 0.5) is 15.9 Å². The minimum atomic E-state index is -4.05. The third kappa shape index (κ3) is 4.66. The van der Waals surface area contributed by atoms with E-state index in [1.807, 2.05) is 16.7 Å². The first-order valence-corrected chi connectivity index (χ1v) is 12.7. The smallest absolute Gasteiger partial charge is 0.274 e. The van der Waals surface area contributed by atoms with E-state index in [0.717, 1.165) is 0 Å². The number of aliphatic hydroxyl groups excluding tert-OH is 2. The largest absolute Gasteiger partial charge is 0.488 e. The fraction of sp³-hybridized carbons (Fsp3) is 0.364. The van der Waals surface area contributed by atoms with Crippen molar-refractivity contribution in [3.63, 3.8) is 0 Å². The molecule has 2 aliphatic rings. The van der Waals surface area contributed by atoms with Gasteiger partial charge in [-0.3, -0.25) is 0 Å². The Hall–Kier alpha value is -3.52. The Kier molecular flexibility index (Phi) is 6.40. The highest BCUT2D eigenvalue weighted by Crippen LogP contribution is 2.36. The Morgan fingerprint density at radius 2 is 2.05 bits per heavy atom. The van der Waals surface area contributed by atoms with Gasteiger partial charge in [-0.05, 0) is 12.1 Å². The quantitative estimate of drug-likeness (QED) is 0.254. The average molecular weight is 534 g/mol. The first-order valence-electron chi connectivity index (χ1n) is 11.1. The van der Waals surface area contributed by atoms with E-state index in [1.54, 1.807) is 6.07 Å². The van der Waals surface area contributed by atoms with E-state index in [0.29, 0.717) is 35.5 Å². The third-order valence-corrected chi connectivity index (χ3v) is 6.80. The van der Waals surface area contributed by atoms with Crippen molar-refractivity contribution < 1.29 is 32.5 Å². The topological polar surface area (TPSA) is 191 Å². The molecule has 1 fully saturated rings. The Morgan fingerprint density at radius 1 is 1.27 bits per heavy atom. The van der Waals surface area contributed by atoms with Crippen molar-refractivity contribution >= 4 is 32.7 Å². The van der Waals surface area contributed by atoms with E-state index in [9.17, 15) is 23.0 Å². The zero-order chi connectivity index (χ0) is 26.5. The van der Waals surface area contributed by atoms with Gasteiger partial charge in [-0.2, -0.15) is 13.1 Å². The minimum Gasteiger partial charge on any atom is -0.488 e. The molecule has 5 rings (SSSR count). The molecule has 196 valence electrons. The molecule has 15 heteroatoms. The summed E-state index contributed by atoms with van der Waals surface area (Å²) in [6.45, 7) is 0.655. The summed E-state index contributed by atoms with van der Waals surface area (Å²) in [5, 5.41) is 26.4. The maximum Gasteiger partial charge on any atom is 0.274 e. The van der Waals surface area contributed by atoms with Crippen molar-refractivity contribution in [2.75, 3.05) is 37.4 Å². The van der Waals surface area contributed by atoms with Crippen molar-refractivity contribution in [1.29, 1.82) is 0 Å². The van der Waals surface area contributed by atoms with Gasteiger partial charge in [0.25, 0.3) is 10.2 Å². The molecule has 1 aromatic carbocycles. The van der Waals surface area contributed by atoms with Crippen LogP contribution in [0.2, 0.25) is 0 Å². The molecule has 0 radical (unpaired) electrons. The summed E-state index contributed by atoms with van der Waals surface area (Å²) in [5.41, 5.74) is 7.43. The van der Waals surface area contributed by atoms with Gasteiger partial charge >= 0.3 is 0 Å². The normalized spacial score (nSPS) is 23.4. The van der Waals surface area contributed by atoms with E-state index in [2.05, 4.69) is 21.8 Å². The van der Waals surface area contributed by atoms with E-state index in [1.165, 1.54) is 23.2 Å². The van der Waals surface area contributed by atoms with Gasteiger partial charge in [0.15, 0.2) is 12.0 Å². The molecule has 13 nitrogen and oxygen atoms in total. The van der Waals surface area contributed by atoms with Crippen molar-refractivity contribution in [2.24, 2.45) is 5.14 Å². The second kappa shape index (κ2) is 9.41. The van der Waals surface area contributed by atoms with Crippen LogP contribution in [0.25, 0.3) is 11.0 Å². The summed E-state index contributed by atoms with van der Waals surface area (Å²) in [6, 6.07) is 2.94. The number of benzene rings is 1. The maximum atomic E-state index is 14.8. The monoisotopic (exact) mass is 533 g/mol. The summed E-state index contributed by atoms with van der Waals surface area (Å²) >= 11 is 0. The number of halogens is 1. The first-order chi connectivity index (χ1) is 17.5. The number of nitrogen functional groups attached to an aromatic ring is 1. The van der Waals surface area contributed by atoms with Gasteiger partial charge in [0.1, 0.15) is 54.1 Å². The zero-order valence-electron chi connectivity index (χ0n) is 19.5. The molecule has 4 atom stereocenters. The van der Waals surface area contributed by atoms with Crippen LogP contribution in [0.15, 0.2) is 24.7 Å². The Morgan fingerprint density at radius 3 is 2.81 bits per heavy atom. The van der Waals surface area contributed by atoms with Gasteiger partial charge in [-0.25, -0.2) is 19.5 Å². The molecular formula is C22H24FN7O6S. The standard InChI is InChI=1S/C22H24FN7O6S/c1-29-6-7-35-19-12(13(23)4-5-14(19)29)3-2-11-9-30(21-16(11)20(24)26-10-27-21)22-18(32)17(31)15(36-22)8-28-37(25,33)34/h4-5,9-10,15,17-18,22,28,31-32H,6-8H2,1H3,(H2,24,26,27)(H2,25,33,34)/t15?,17?,18-,22-/m1/s1. The predicted molar refractivity (Wildman–Crippen MR) is 130 cm³/mol. The van der Waals surface area contributed by atoms with Crippen LogP contribution in [0.1, 0.15) is 17.4 Å². The Balaban J connectivity index is 1.55. The molecule has 0 bridgehead atoms. The van der Waals surface area contributed by atoms with Crippen LogP contribution in [-0.2, 0) is 14.9 Å². The Bertz CT molecular complexity index is 1540. The number of nitrogens with two attached hydrogens (primary N) is 2. The number of nitrogens with zero attached hydrogens (tertiary/aromatic N) is 4. The van der Waals surface area contributed by atoms with Crippen LogP contribution in [0.3, 0.4) is 0 Å². The molecule has 3 aromatic rings. The summed E-state index contributed by atoms with van der Waals surface area (Å²) in [6.07, 6.45) is -2.48. The third-order valence-electron chi connectivity index (χ3n) is 6.23. The number of rotatable bonds is 4. The molecule has 0 aliphatic carbocycles. The lowest BCUT2D eigenvalue weighted by Gasteiger charge is -2.28. The first kappa shape index (κ1) is 25.1. The number of fused-ring (bicyclic) bond motifs is 2. The number of hydrogen-bond donors (Lipinski definition) is 5. The molecule has 2 aromatic heterocycles. The van der Waals surface area contributed by atoms with E-state index < -0.39 is 40.6 Å². The summed E-state index contributed by atoms with van der Waals surface area (Å²) in [5.74, 6) is 5.58. The van der Waals surface area contributed by atoms with Crippen molar-refractivity contribution in [3.8, 4) is 17.6 Å². The minimum absolute atomic E-state index is 0.0714. The van der Waals surface area contributed by atoms with Crippen LogP contribution >= 0.6 is 0 Å². The number of aliphatic hydroxyl groups is 2. The van der Waals surface area contributed by atoms with Gasteiger partial charge in [0.2, 0.25) is 0 Å². The second-order valence-electron chi connectivity index (χ2n) is 8.64. The van der Waals surface area contributed by atoms with Gasteiger partial charge in [-0.15, -0.1) is 0 Å². The zero-order valence-corrected chi connectivity index (χ0v) is 20.3. The van der Waals surface area contributed by atoms with Crippen molar-refractivity contribution in [2.45, 2.75) is 24.5 Å². The van der Waals surface area contributed by atoms with Crippen molar-refractivity contribution in [1.82, 2.24) is 19.3 Å². The van der Waals surface area contributed by atoms with Crippen LogP contribution < -0.4 is 25.2 Å². The molecule has 4 heterocycles. The highest BCUT2D eigenvalue weighted by atomic mass is 32.2. The number of anilines is 2. The van der Waals surface area contributed by atoms with Crippen LogP contribution in [0, 0.1) is 17.7 Å². The molecule has 0 spiro atoms. The highest BCUT2D eigenvalue weighted by Gasteiger charge is 2.44. The van der Waals surface area contributed by atoms with Gasteiger partial charge in [0.05, 0.1) is 23.2 Å². The number of hydrogen-bond acceptors (Lipinski definition) is 10. The maximum absolute atomic E-state index is 14.8. The summed E-state index contributed by atoms with van der Waals surface area (Å²) in [4.78, 5) is 10.2. The van der Waals surface area contributed by atoms with E-state index in [-0.39, 0.29) is 23.6 Å². The lowest BCUT2D eigenvalue weighted by molar-refractivity contribution is -0.0327. The average Bonchev–Trinajstić information content (AvgIpc) is 3.35. The van der Waals surface area contributed by atoms with Crippen LogP contribution in [0.5, 0.6) is 5.75 Å². The molecule has 1 saturated heterocycles. The molecular weight excluding hydrogens is 509 g/mol. The molecule has 7 N–H and O–H groups in total. The second-order valence-corrected chi connectivity index (χ2v) is 10.0. The Labute approximate surface area is 211 Å². The number of likely N-dealkylation sites (N-methyl/N-ethyl adjacent to an activating group) is 1. The van der Waals surface area contributed by atoms with Crippen molar-refractivity contribution in [3.05, 3.63) is 41.6 Å². The lowest BCUT2D eigenvalue weighted by Crippen LogP contribution is -2.42. The molecule has 2 aliphatic heterocycles. The number of nitrogens with one attached hydrogen (secondary N) is 1. The fourth-order valence-electron chi connectivity index (χ4n) is 4.37. The summed E-state index contributed by atoms with van der Waals surface area (Å²) < 4.78 is 52.1.